The third kappa shape index (κ3) is 7.57. The Labute approximate surface area is 364 Å². The number of ketones is 1. The number of imide groups is 1. The number of nitrogens with one attached hydrogen (secondary N) is 3. The van der Waals surface area contributed by atoms with E-state index < -0.39 is 76.3 Å². The Kier molecular flexibility index (Phi) is 10.1. The van der Waals surface area contributed by atoms with Gasteiger partial charge in [-0.15, -0.1) is 0 Å². The maximum absolute atomic E-state index is 15.7. The van der Waals surface area contributed by atoms with E-state index in [0.717, 1.165) is 80.1 Å². The molecule has 0 aliphatic carbocycles. The number of carbonyl (C=O) groups excluding carboxylic acids is 4. The van der Waals surface area contributed by atoms with Crippen LogP contribution in [0.25, 0.3) is 22.2 Å². The molecule has 64 heavy (non-hydrogen) atoms. The molecule has 14 nitrogen and oxygen atoms in total. The Morgan fingerprint density at radius 3 is 2.45 bits per heavy atom. The van der Waals surface area contributed by atoms with E-state index in [1.165, 1.54) is 6.20 Å². The van der Waals surface area contributed by atoms with E-state index in [1.807, 2.05) is 41.1 Å². The maximum atomic E-state index is 15.7. The summed E-state index contributed by atoms with van der Waals surface area (Å²) in [4.78, 5) is 64.4. The second kappa shape index (κ2) is 15.5. The number of H-pyrrole nitrogens is 1. The fourth-order valence-corrected chi connectivity index (χ4v) is 11.1. The second-order valence-corrected chi connectivity index (χ2v) is 19.3. The molecular weight excluding hydrogens is 857 g/mol. The number of aromatic nitrogens is 2. The van der Waals surface area contributed by atoms with E-state index in [2.05, 4.69) is 31.2 Å². The first-order valence-electron chi connectivity index (χ1n) is 21.1. The summed E-state index contributed by atoms with van der Waals surface area (Å²) in [5.74, 6) is -7.91. The zero-order chi connectivity index (χ0) is 44.7. The number of fused-ring (bicyclic) bond motifs is 2. The highest BCUT2D eigenvalue weighted by Crippen LogP contribution is 2.42. The minimum Gasteiger partial charge on any atom is -0.370 e. The molecule has 1 unspecified atom stereocenters. The van der Waals surface area contributed by atoms with Gasteiger partial charge in [0.25, 0.3) is 11.8 Å². The first-order valence-corrected chi connectivity index (χ1v) is 22.5. The van der Waals surface area contributed by atoms with Crippen molar-refractivity contribution in [3.8, 4) is 11.1 Å². The van der Waals surface area contributed by atoms with Crippen LogP contribution in [0.3, 0.4) is 0 Å². The van der Waals surface area contributed by atoms with E-state index in [0.29, 0.717) is 28.4 Å². The molecule has 0 radical (unpaired) electrons. The zero-order valence-electron chi connectivity index (χ0n) is 34.3. The lowest BCUT2D eigenvalue weighted by Crippen LogP contribution is -2.72. The van der Waals surface area contributed by atoms with Crippen molar-refractivity contribution >= 4 is 56.1 Å². The largest absolute Gasteiger partial charge is 0.370 e. The number of aryl methyl sites for hydroxylation is 1. The van der Waals surface area contributed by atoms with Crippen LogP contribution in [0.2, 0.25) is 0 Å². The van der Waals surface area contributed by atoms with Gasteiger partial charge < -0.3 is 19.7 Å². The molecule has 4 saturated heterocycles. The monoisotopic (exact) mass is 898 g/mol. The molecule has 3 aromatic carbocycles. The van der Waals surface area contributed by atoms with Crippen molar-refractivity contribution in [2.45, 2.75) is 50.6 Å². The van der Waals surface area contributed by atoms with Crippen molar-refractivity contribution in [1.29, 1.82) is 0 Å². The van der Waals surface area contributed by atoms with Crippen LogP contribution in [-0.2, 0) is 32.8 Å². The third-order valence-corrected chi connectivity index (χ3v) is 14.5. The number of alkyl halides is 2. The molecule has 1 atom stereocenters. The number of anilines is 2. The number of piperidine rings is 1. The number of amides is 3. The number of likely N-dealkylation sites (tertiary alicyclic amines) is 1. The SMILES string of the molecule is O=C1CCC(N2Cc3cc(CCCN4CC5(C4)CN(c4ccc(-c6cnc7[nH]cc(C(=O)c8c(F)ccc(NS(=O)(=O)N9CCC(F)(F)C9)c8F)c7c6)cc4)C5)ccc3C2=O)C(=O)N1. The summed E-state index contributed by atoms with van der Waals surface area (Å²) in [5, 5.41) is 2.63. The van der Waals surface area contributed by atoms with Crippen molar-refractivity contribution in [2.24, 2.45) is 5.41 Å². The Morgan fingerprint density at radius 1 is 0.938 bits per heavy atom. The van der Waals surface area contributed by atoms with Gasteiger partial charge in [-0.25, -0.2) is 22.5 Å². The van der Waals surface area contributed by atoms with Gasteiger partial charge in [-0.05, 0) is 78.9 Å². The minimum atomic E-state index is -4.63. The van der Waals surface area contributed by atoms with Gasteiger partial charge >= 0.3 is 10.2 Å². The number of aromatic amines is 1. The highest BCUT2D eigenvalue weighted by Gasteiger charge is 2.51. The number of benzene rings is 3. The van der Waals surface area contributed by atoms with Crippen molar-refractivity contribution < 1.29 is 45.2 Å². The van der Waals surface area contributed by atoms with E-state index in [1.54, 1.807) is 17.2 Å². The molecule has 1 spiro atoms. The van der Waals surface area contributed by atoms with Crippen LogP contribution >= 0.6 is 0 Å². The number of pyridine rings is 1. The zero-order valence-corrected chi connectivity index (χ0v) is 35.1. The Bertz CT molecular complexity index is 2880. The molecule has 19 heteroatoms. The standard InChI is InChI=1S/C45H42F4N8O6S/c46-34-9-10-35(53-64(62,63)56-15-13-45(48,49)25-56)39(47)38(34)40(59)33-19-51-41-32(33)17-28(18-50-41)27-4-6-30(7-5-27)55-23-44(24-55)21-54(22-44)14-1-2-26-3-8-31-29(16-26)20-57(43(31)61)36-11-12-37(58)52-42(36)60/h3-10,16-19,36,53H,1-2,11-15,20-25H2,(H,50,51)(H,52,58,60). The molecule has 5 aromatic rings. The van der Waals surface area contributed by atoms with Gasteiger partial charge in [0, 0.05) is 97.7 Å². The molecule has 5 aliphatic heterocycles. The van der Waals surface area contributed by atoms with Gasteiger partial charge in [-0.3, -0.25) is 29.2 Å². The van der Waals surface area contributed by atoms with Gasteiger partial charge in [0.1, 0.15) is 17.5 Å². The summed E-state index contributed by atoms with van der Waals surface area (Å²) in [5.41, 5.74) is 3.86. The van der Waals surface area contributed by atoms with Crippen molar-refractivity contribution in [1.82, 2.24) is 29.4 Å². The van der Waals surface area contributed by atoms with Crippen molar-refractivity contribution in [3.63, 3.8) is 0 Å². The first-order chi connectivity index (χ1) is 30.6. The average Bonchev–Trinajstić information content (AvgIpc) is 3.93. The van der Waals surface area contributed by atoms with Crippen LogP contribution in [0.4, 0.5) is 28.9 Å². The lowest BCUT2D eigenvalue weighted by Gasteiger charge is -2.61. The number of hydrogen-bond donors (Lipinski definition) is 3. The lowest BCUT2D eigenvalue weighted by molar-refractivity contribution is -0.136. The van der Waals surface area contributed by atoms with Crippen LogP contribution < -0.4 is 14.9 Å². The van der Waals surface area contributed by atoms with Crippen LogP contribution in [0.1, 0.15) is 63.1 Å². The lowest BCUT2D eigenvalue weighted by atomic mass is 9.72. The number of rotatable bonds is 12. The Hall–Kier alpha value is -6.18. The fraction of sp³-hybridized carbons (Fsp3) is 0.356. The van der Waals surface area contributed by atoms with Gasteiger partial charge in [0.15, 0.2) is 5.82 Å². The van der Waals surface area contributed by atoms with Crippen molar-refractivity contribution in [3.05, 3.63) is 113 Å². The predicted molar refractivity (Wildman–Crippen MR) is 227 cm³/mol. The van der Waals surface area contributed by atoms with E-state index in [4.69, 9.17) is 0 Å². The summed E-state index contributed by atoms with van der Waals surface area (Å²) in [6.45, 7) is 3.63. The molecule has 0 bridgehead atoms. The molecule has 5 aliphatic rings. The van der Waals surface area contributed by atoms with Crippen LogP contribution in [0, 0.1) is 17.0 Å². The molecule has 3 amide bonds. The molecular formula is C45H42F4N8O6S. The fourth-order valence-electron chi connectivity index (χ4n) is 9.80. The second-order valence-electron chi connectivity index (χ2n) is 17.6. The number of hydrogen-bond acceptors (Lipinski definition) is 9. The number of carbonyl (C=O) groups is 4. The van der Waals surface area contributed by atoms with Gasteiger partial charge in [-0.1, -0.05) is 24.3 Å². The normalized spacial score (nSPS) is 20.7. The molecule has 3 N–H and O–H groups in total. The number of halogens is 4. The molecule has 4 fully saturated rings. The molecule has 0 saturated carbocycles. The van der Waals surface area contributed by atoms with Crippen LogP contribution in [-0.4, -0.2) is 114 Å². The predicted octanol–water partition coefficient (Wildman–Crippen LogP) is 5.25. The van der Waals surface area contributed by atoms with Crippen LogP contribution in [0.15, 0.2) is 73.1 Å². The molecule has 2 aromatic heterocycles. The Balaban J connectivity index is 0.730. The summed E-state index contributed by atoms with van der Waals surface area (Å²) in [6, 6.07) is 16.4. The topological polar surface area (TPSA) is 168 Å². The highest BCUT2D eigenvalue weighted by molar-refractivity contribution is 7.90. The molecule has 332 valence electrons. The maximum Gasteiger partial charge on any atom is 0.301 e. The smallest absolute Gasteiger partial charge is 0.301 e. The summed E-state index contributed by atoms with van der Waals surface area (Å²) >= 11 is 0. The van der Waals surface area contributed by atoms with Crippen LogP contribution in [0.5, 0.6) is 0 Å². The van der Waals surface area contributed by atoms with Gasteiger partial charge in [0.2, 0.25) is 17.6 Å². The Morgan fingerprint density at radius 2 is 1.72 bits per heavy atom. The molecule has 7 heterocycles. The minimum absolute atomic E-state index is 0.0978. The van der Waals surface area contributed by atoms with E-state index >= 15 is 8.78 Å². The van der Waals surface area contributed by atoms with Gasteiger partial charge in [-0.2, -0.15) is 12.7 Å². The van der Waals surface area contributed by atoms with Crippen molar-refractivity contribution in [2.75, 3.05) is 55.4 Å². The highest BCUT2D eigenvalue weighted by atomic mass is 32.2. The van der Waals surface area contributed by atoms with E-state index in [-0.39, 0.29) is 40.2 Å². The average molecular weight is 899 g/mol. The third-order valence-electron chi connectivity index (χ3n) is 13.1. The summed E-state index contributed by atoms with van der Waals surface area (Å²) in [6.07, 6.45) is 4.60. The first kappa shape index (κ1) is 41.8. The molecule has 10 rings (SSSR count). The summed E-state index contributed by atoms with van der Waals surface area (Å²) < 4.78 is 86.1. The van der Waals surface area contributed by atoms with E-state index in [9.17, 15) is 36.4 Å². The summed E-state index contributed by atoms with van der Waals surface area (Å²) in [7, 11) is -4.63. The quantitative estimate of drug-likeness (QED) is 0.0861. The van der Waals surface area contributed by atoms with Gasteiger partial charge in [0.05, 0.1) is 17.8 Å². The number of nitrogens with zero attached hydrogens (tertiary/aromatic N) is 5.